The molecule has 0 unspecified atom stereocenters. The number of hydrogen-bond donors (Lipinski definition) is 1. The SMILES string of the molecule is CCNc1ncc2c(n1)N(C)CCN(c1cccc(OCCN(C)Cc3ccccc3)c1)C2=O. The van der Waals surface area contributed by atoms with Crippen LogP contribution in [0.4, 0.5) is 17.5 Å². The summed E-state index contributed by atoms with van der Waals surface area (Å²) in [5.74, 6) is 1.81. The molecular formula is C26H32N6O2. The van der Waals surface area contributed by atoms with E-state index in [9.17, 15) is 4.79 Å². The molecule has 0 bridgehead atoms. The van der Waals surface area contributed by atoms with E-state index in [1.807, 2.05) is 49.2 Å². The van der Waals surface area contributed by atoms with Crippen molar-refractivity contribution in [3.05, 3.63) is 71.9 Å². The van der Waals surface area contributed by atoms with Crippen molar-refractivity contribution in [3.63, 3.8) is 0 Å². The van der Waals surface area contributed by atoms with Crippen molar-refractivity contribution >= 4 is 23.4 Å². The van der Waals surface area contributed by atoms with Crippen molar-refractivity contribution in [1.29, 1.82) is 0 Å². The van der Waals surface area contributed by atoms with Crippen molar-refractivity contribution in [2.45, 2.75) is 13.5 Å². The van der Waals surface area contributed by atoms with Crippen molar-refractivity contribution in [3.8, 4) is 5.75 Å². The Morgan fingerprint density at radius 1 is 1.12 bits per heavy atom. The molecule has 178 valence electrons. The van der Waals surface area contributed by atoms with Crippen LogP contribution in [0.25, 0.3) is 0 Å². The number of fused-ring (bicyclic) bond motifs is 1. The first kappa shape index (κ1) is 23.5. The number of rotatable bonds is 9. The van der Waals surface area contributed by atoms with E-state index in [0.29, 0.717) is 37.0 Å². The van der Waals surface area contributed by atoms with Gasteiger partial charge in [0.1, 0.15) is 23.7 Å². The molecule has 1 aromatic heterocycles. The number of carbonyl (C=O) groups excluding carboxylic acids is 1. The standard InChI is InChI=1S/C26H32N6O2/c1-4-27-26-28-18-23-24(29-26)31(3)13-14-32(25(23)33)21-11-8-12-22(17-21)34-16-15-30(2)19-20-9-6-5-7-10-20/h5-12,17-18H,4,13-16,19H2,1-3H3,(H,27,28,29). The number of likely N-dealkylation sites (N-methyl/N-ethyl adjacent to an activating group) is 2. The molecule has 3 aromatic rings. The van der Waals surface area contributed by atoms with E-state index < -0.39 is 0 Å². The zero-order chi connectivity index (χ0) is 23.9. The van der Waals surface area contributed by atoms with Gasteiger partial charge in [-0.2, -0.15) is 4.98 Å². The smallest absolute Gasteiger partial charge is 0.263 e. The largest absolute Gasteiger partial charge is 0.492 e. The molecule has 1 amide bonds. The molecule has 0 saturated heterocycles. The molecular weight excluding hydrogens is 428 g/mol. The lowest BCUT2D eigenvalue weighted by Crippen LogP contribution is -2.33. The molecule has 0 radical (unpaired) electrons. The maximum Gasteiger partial charge on any atom is 0.263 e. The first-order chi connectivity index (χ1) is 16.5. The Morgan fingerprint density at radius 2 is 1.94 bits per heavy atom. The Hall–Kier alpha value is -3.65. The van der Waals surface area contributed by atoms with Crippen molar-refractivity contribution in [1.82, 2.24) is 14.9 Å². The Bertz CT molecular complexity index is 1110. The van der Waals surface area contributed by atoms with E-state index in [2.05, 4.69) is 51.5 Å². The Balaban J connectivity index is 1.42. The van der Waals surface area contributed by atoms with E-state index >= 15 is 0 Å². The summed E-state index contributed by atoms with van der Waals surface area (Å²) in [5, 5.41) is 3.11. The van der Waals surface area contributed by atoms with Crippen LogP contribution < -0.4 is 19.9 Å². The van der Waals surface area contributed by atoms with Gasteiger partial charge in [-0.15, -0.1) is 0 Å². The maximum absolute atomic E-state index is 13.4. The second-order valence-corrected chi connectivity index (χ2v) is 8.41. The fraction of sp³-hybridized carbons (Fsp3) is 0.346. The Kier molecular flexibility index (Phi) is 7.59. The number of nitrogens with one attached hydrogen (secondary N) is 1. The third-order valence-corrected chi connectivity index (χ3v) is 5.77. The van der Waals surface area contributed by atoms with Gasteiger partial charge in [0.05, 0.1) is 0 Å². The fourth-order valence-corrected chi connectivity index (χ4v) is 3.94. The number of carbonyl (C=O) groups is 1. The minimum absolute atomic E-state index is 0.109. The van der Waals surface area contributed by atoms with E-state index in [1.165, 1.54) is 5.56 Å². The van der Waals surface area contributed by atoms with Crippen LogP contribution in [0.1, 0.15) is 22.8 Å². The van der Waals surface area contributed by atoms with Gasteiger partial charge in [-0.3, -0.25) is 9.69 Å². The van der Waals surface area contributed by atoms with Crippen LogP contribution in [0, 0.1) is 0 Å². The highest BCUT2D eigenvalue weighted by Crippen LogP contribution is 2.28. The molecule has 0 aliphatic carbocycles. The third-order valence-electron chi connectivity index (χ3n) is 5.77. The van der Waals surface area contributed by atoms with E-state index in [4.69, 9.17) is 4.74 Å². The first-order valence-corrected chi connectivity index (χ1v) is 11.6. The number of anilines is 3. The Labute approximate surface area is 201 Å². The molecule has 2 heterocycles. The summed E-state index contributed by atoms with van der Waals surface area (Å²) in [5.41, 5.74) is 2.58. The van der Waals surface area contributed by atoms with Crippen LogP contribution in [0.15, 0.2) is 60.8 Å². The molecule has 0 atom stereocenters. The first-order valence-electron chi connectivity index (χ1n) is 11.6. The third kappa shape index (κ3) is 5.63. The zero-order valence-corrected chi connectivity index (χ0v) is 20.1. The van der Waals surface area contributed by atoms with Gasteiger partial charge >= 0.3 is 0 Å². The lowest BCUT2D eigenvalue weighted by molar-refractivity contribution is 0.0989. The predicted octanol–water partition coefficient (Wildman–Crippen LogP) is 3.52. The van der Waals surface area contributed by atoms with Gasteiger partial charge in [0.15, 0.2) is 0 Å². The minimum Gasteiger partial charge on any atom is -0.492 e. The molecule has 1 aliphatic rings. The summed E-state index contributed by atoms with van der Waals surface area (Å²) in [6.45, 7) is 6.15. The number of ether oxygens (including phenoxy) is 1. The molecule has 8 nitrogen and oxygen atoms in total. The zero-order valence-electron chi connectivity index (χ0n) is 20.1. The molecule has 4 rings (SSSR count). The summed E-state index contributed by atoms with van der Waals surface area (Å²) in [7, 11) is 4.03. The number of hydrogen-bond acceptors (Lipinski definition) is 7. The molecule has 2 aromatic carbocycles. The predicted molar refractivity (Wildman–Crippen MR) is 136 cm³/mol. The maximum atomic E-state index is 13.4. The highest BCUT2D eigenvalue weighted by Gasteiger charge is 2.28. The van der Waals surface area contributed by atoms with Crippen LogP contribution in [0.5, 0.6) is 5.75 Å². The minimum atomic E-state index is -0.109. The van der Waals surface area contributed by atoms with Crippen molar-refractivity contribution in [2.24, 2.45) is 0 Å². The van der Waals surface area contributed by atoms with Crippen LogP contribution in [-0.2, 0) is 6.54 Å². The molecule has 0 saturated carbocycles. The second-order valence-electron chi connectivity index (χ2n) is 8.41. The summed E-state index contributed by atoms with van der Waals surface area (Å²) in [4.78, 5) is 28.3. The van der Waals surface area contributed by atoms with E-state index in [0.717, 1.165) is 31.1 Å². The van der Waals surface area contributed by atoms with Gasteiger partial charge in [-0.1, -0.05) is 36.4 Å². The quantitative estimate of drug-likeness (QED) is 0.524. The van der Waals surface area contributed by atoms with E-state index in [1.54, 1.807) is 11.1 Å². The molecule has 0 spiro atoms. The highest BCUT2D eigenvalue weighted by atomic mass is 16.5. The molecule has 1 aliphatic heterocycles. The van der Waals surface area contributed by atoms with Crippen LogP contribution in [-0.4, -0.2) is 67.7 Å². The van der Waals surface area contributed by atoms with Crippen LogP contribution in [0.3, 0.4) is 0 Å². The monoisotopic (exact) mass is 460 g/mol. The second kappa shape index (κ2) is 11.0. The normalized spacial score (nSPS) is 13.6. The average molecular weight is 461 g/mol. The summed E-state index contributed by atoms with van der Waals surface area (Å²) >= 11 is 0. The van der Waals surface area contributed by atoms with Crippen molar-refractivity contribution in [2.75, 3.05) is 62.0 Å². The van der Waals surface area contributed by atoms with Crippen LogP contribution >= 0.6 is 0 Å². The topological polar surface area (TPSA) is 73.8 Å². The molecule has 1 N–H and O–H groups in total. The Morgan fingerprint density at radius 3 is 2.74 bits per heavy atom. The van der Waals surface area contributed by atoms with Gasteiger partial charge in [-0.05, 0) is 31.7 Å². The average Bonchev–Trinajstić information content (AvgIpc) is 2.96. The molecule has 0 fully saturated rings. The van der Waals surface area contributed by atoms with Gasteiger partial charge in [-0.25, -0.2) is 4.98 Å². The van der Waals surface area contributed by atoms with Gasteiger partial charge < -0.3 is 19.9 Å². The van der Waals surface area contributed by atoms with Gasteiger partial charge in [0.2, 0.25) is 5.95 Å². The molecule has 8 heteroatoms. The van der Waals surface area contributed by atoms with Gasteiger partial charge in [0, 0.05) is 57.7 Å². The lowest BCUT2D eigenvalue weighted by atomic mass is 10.2. The van der Waals surface area contributed by atoms with E-state index in [-0.39, 0.29) is 5.91 Å². The lowest BCUT2D eigenvalue weighted by Gasteiger charge is -2.22. The summed E-state index contributed by atoms with van der Waals surface area (Å²) in [6, 6.07) is 18.1. The van der Waals surface area contributed by atoms with Crippen LogP contribution in [0.2, 0.25) is 0 Å². The van der Waals surface area contributed by atoms with Gasteiger partial charge in [0.25, 0.3) is 5.91 Å². The molecule has 34 heavy (non-hydrogen) atoms. The number of amides is 1. The fourth-order valence-electron chi connectivity index (χ4n) is 3.94. The number of nitrogens with zero attached hydrogens (tertiary/aromatic N) is 5. The highest BCUT2D eigenvalue weighted by molar-refractivity contribution is 6.09. The number of benzene rings is 2. The summed E-state index contributed by atoms with van der Waals surface area (Å²) < 4.78 is 6.02. The summed E-state index contributed by atoms with van der Waals surface area (Å²) in [6.07, 6.45) is 1.61. The van der Waals surface area contributed by atoms with Crippen molar-refractivity contribution < 1.29 is 9.53 Å². The number of aromatic nitrogens is 2.